The van der Waals surface area contributed by atoms with Gasteiger partial charge in [-0.05, 0) is 83.9 Å². The van der Waals surface area contributed by atoms with Crippen LogP contribution in [0.15, 0.2) is 164 Å². The lowest BCUT2D eigenvalue weighted by Crippen LogP contribution is -1.94. The Bertz CT molecular complexity index is 2480. The van der Waals surface area contributed by atoms with Crippen molar-refractivity contribution in [2.24, 2.45) is 0 Å². The lowest BCUT2D eigenvalue weighted by Gasteiger charge is -2.11. The first-order chi connectivity index (χ1) is 22.8. The molecule has 0 spiro atoms. The quantitative estimate of drug-likeness (QED) is 0.200. The highest BCUT2D eigenvalue weighted by Crippen LogP contribution is 2.37. The van der Waals surface area contributed by atoms with Gasteiger partial charge in [-0.1, -0.05) is 98.8 Å². The second-order valence-electron chi connectivity index (χ2n) is 11.3. The highest BCUT2D eigenvalue weighted by molar-refractivity contribution is 6.11. The van der Waals surface area contributed by atoms with Gasteiger partial charge in [0.05, 0.1) is 27.8 Å². The minimum Gasteiger partial charge on any atom is -0.309 e. The molecular formula is C43H33N3. The molecule has 46 heavy (non-hydrogen) atoms. The van der Waals surface area contributed by atoms with E-state index in [4.69, 9.17) is 0 Å². The highest BCUT2D eigenvalue weighted by Gasteiger charge is 2.16. The van der Waals surface area contributed by atoms with Crippen molar-refractivity contribution in [3.8, 4) is 33.8 Å². The summed E-state index contributed by atoms with van der Waals surface area (Å²) in [7, 11) is 0. The zero-order chi connectivity index (χ0) is 31.0. The van der Waals surface area contributed by atoms with Gasteiger partial charge in [-0.3, -0.25) is 4.98 Å². The average Bonchev–Trinajstić information content (AvgIpc) is 3.65. The van der Waals surface area contributed by atoms with Gasteiger partial charge in [0.1, 0.15) is 0 Å². The van der Waals surface area contributed by atoms with Crippen LogP contribution in [0.5, 0.6) is 0 Å². The second-order valence-corrected chi connectivity index (χ2v) is 11.3. The van der Waals surface area contributed by atoms with Crippen LogP contribution in [-0.4, -0.2) is 14.1 Å². The SMILES string of the molecule is CC.c1ccc(-n2c3ccccc3c3cc(-c4cccc(-n5c6ccccc6c6cc(-c7ccccn7)ccc65)c4)ccc32)cc1. The van der Waals surface area contributed by atoms with Crippen LogP contribution in [0.2, 0.25) is 0 Å². The highest BCUT2D eigenvalue weighted by atomic mass is 15.0. The number of rotatable bonds is 4. The maximum atomic E-state index is 4.60. The lowest BCUT2D eigenvalue weighted by atomic mass is 10.0. The Morgan fingerprint density at radius 3 is 1.57 bits per heavy atom. The van der Waals surface area contributed by atoms with E-state index >= 15 is 0 Å². The Kier molecular flexibility index (Phi) is 6.92. The van der Waals surface area contributed by atoms with Crippen LogP contribution in [0.3, 0.4) is 0 Å². The molecule has 0 aliphatic rings. The molecule has 0 N–H and O–H groups in total. The molecule has 0 aliphatic carbocycles. The van der Waals surface area contributed by atoms with Gasteiger partial charge < -0.3 is 9.13 Å². The molecule has 0 fully saturated rings. The number of benzene rings is 6. The molecule has 0 radical (unpaired) electrons. The summed E-state index contributed by atoms with van der Waals surface area (Å²) in [6.07, 6.45) is 1.85. The summed E-state index contributed by atoms with van der Waals surface area (Å²) in [5.74, 6) is 0. The fraction of sp³-hybridized carbons (Fsp3) is 0.0465. The van der Waals surface area contributed by atoms with Gasteiger partial charge >= 0.3 is 0 Å². The van der Waals surface area contributed by atoms with Crippen LogP contribution in [0, 0.1) is 0 Å². The van der Waals surface area contributed by atoms with E-state index < -0.39 is 0 Å². The second kappa shape index (κ2) is 11.5. The van der Waals surface area contributed by atoms with E-state index in [1.165, 1.54) is 60.4 Å². The third kappa shape index (κ3) is 4.48. The summed E-state index contributed by atoms with van der Waals surface area (Å²) >= 11 is 0. The van der Waals surface area contributed by atoms with E-state index in [0.29, 0.717) is 0 Å². The molecule has 9 aromatic rings. The molecule has 0 amide bonds. The standard InChI is InChI=1S/C41H27N3.C2H6/c1-2-12-31(13-3-1)43-38-18-6-4-15-33(38)35-26-29(20-22-40(35)43)28-11-10-14-32(25-28)44-39-19-7-5-16-34(39)36-27-30(21-23-41(36)44)37-17-8-9-24-42-37;1-2/h1-27H;1-2H3. The molecule has 0 bridgehead atoms. The van der Waals surface area contributed by atoms with Gasteiger partial charge in [-0.25, -0.2) is 0 Å². The number of nitrogens with zero attached hydrogens (tertiary/aromatic N) is 3. The van der Waals surface area contributed by atoms with Crippen molar-refractivity contribution in [3.05, 3.63) is 164 Å². The van der Waals surface area contributed by atoms with Crippen molar-refractivity contribution in [2.45, 2.75) is 13.8 Å². The average molecular weight is 592 g/mol. The van der Waals surface area contributed by atoms with Crippen molar-refractivity contribution in [3.63, 3.8) is 0 Å². The summed E-state index contributed by atoms with van der Waals surface area (Å²) < 4.78 is 4.75. The van der Waals surface area contributed by atoms with Crippen molar-refractivity contribution in [1.82, 2.24) is 14.1 Å². The van der Waals surface area contributed by atoms with Crippen molar-refractivity contribution in [1.29, 1.82) is 0 Å². The topological polar surface area (TPSA) is 22.8 Å². The minimum absolute atomic E-state index is 0.984. The molecule has 3 aromatic heterocycles. The number of pyridine rings is 1. The van der Waals surface area contributed by atoms with Crippen LogP contribution < -0.4 is 0 Å². The largest absolute Gasteiger partial charge is 0.309 e. The zero-order valence-corrected chi connectivity index (χ0v) is 25.9. The molecule has 9 rings (SSSR count). The third-order valence-corrected chi connectivity index (χ3v) is 8.76. The van der Waals surface area contributed by atoms with Crippen molar-refractivity contribution < 1.29 is 0 Å². The first-order valence-corrected chi connectivity index (χ1v) is 16.0. The Hall–Kier alpha value is -5.93. The molecule has 0 saturated carbocycles. The van der Waals surface area contributed by atoms with E-state index in [9.17, 15) is 0 Å². The van der Waals surface area contributed by atoms with Crippen LogP contribution in [0.4, 0.5) is 0 Å². The smallest absolute Gasteiger partial charge is 0.0702 e. The fourth-order valence-corrected chi connectivity index (χ4v) is 6.78. The third-order valence-electron chi connectivity index (χ3n) is 8.76. The summed E-state index contributed by atoms with van der Waals surface area (Å²) in [5, 5.41) is 4.98. The maximum Gasteiger partial charge on any atom is 0.0702 e. The Balaban J connectivity index is 0.00000153. The van der Waals surface area contributed by atoms with Gasteiger partial charge in [-0.15, -0.1) is 0 Å². The van der Waals surface area contributed by atoms with E-state index in [-0.39, 0.29) is 0 Å². The van der Waals surface area contributed by atoms with Crippen LogP contribution >= 0.6 is 0 Å². The Labute approximate surface area is 268 Å². The molecule has 6 aromatic carbocycles. The first kappa shape index (κ1) is 27.6. The zero-order valence-electron chi connectivity index (χ0n) is 25.9. The molecule has 3 heteroatoms. The number of fused-ring (bicyclic) bond motifs is 6. The van der Waals surface area contributed by atoms with E-state index in [2.05, 4.69) is 160 Å². The summed E-state index contributed by atoms with van der Waals surface area (Å²) in [6, 6.07) is 56.5. The molecule has 0 unspecified atom stereocenters. The van der Waals surface area contributed by atoms with Gasteiger partial charge in [-0.2, -0.15) is 0 Å². The molecule has 0 atom stereocenters. The van der Waals surface area contributed by atoms with E-state index in [1.54, 1.807) is 0 Å². The van der Waals surface area contributed by atoms with E-state index in [1.807, 2.05) is 32.2 Å². The molecular weight excluding hydrogens is 558 g/mol. The molecule has 0 aliphatic heterocycles. The number of para-hydroxylation sites is 3. The predicted molar refractivity (Wildman–Crippen MR) is 195 cm³/mol. The van der Waals surface area contributed by atoms with Crippen LogP contribution in [-0.2, 0) is 0 Å². The van der Waals surface area contributed by atoms with Crippen molar-refractivity contribution >= 4 is 43.6 Å². The van der Waals surface area contributed by atoms with Crippen LogP contribution in [0.1, 0.15) is 13.8 Å². The van der Waals surface area contributed by atoms with Gasteiger partial charge in [0.15, 0.2) is 0 Å². The van der Waals surface area contributed by atoms with Crippen molar-refractivity contribution in [2.75, 3.05) is 0 Å². The monoisotopic (exact) mass is 591 g/mol. The van der Waals surface area contributed by atoms with Gasteiger partial charge in [0, 0.05) is 44.7 Å². The summed E-state index contributed by atoms with van der Waals surface area (Å²) in [4.78, 5) is 4.60. The van der Waals surface area contributed by atoms with Gasteiger partial charge in [0.25, 0.3) is 0 Å². The maximum absolute atomic E-state index is 4.60. The number of hydrogen-bond donors (Lipinski definition) is 0. The molecule has 3 heterocycles. The van der Waals surface area contributed by atoms with E-state index in [0.717, 1.165) is 16.9 Å². The number of aromatic nitrogens is 3. The lowest BCUT2D eigenvalue weighted by molar-refractivity contribution is 1.18. The fourth-order valence-electron chi connectivity index (χ4n) is 6.78. The summed E-state index contributed by atoms with van der Waals surface area (Å²) in [5.41, 5.74) is 11.6. The van der Waals surface area contributed by atoms with Gasteiger partial charge in [0.2, 0.25) is 0 Å². The minimum atomic E-state index is 0.984. The molecule has 0 saturated heterocycles. The normalized spacial score (nSPS) is 11.3. The molecule has 220 valence electrons. The summed E-state index contributed by atoms with van der Waals surface area (Å²) in [6.45, 7) is 4.00. The number of hydrogen-bond acceptors (Lipinski definition) is 1. The Morgan fingerprint density at radius 1 is 0.370 bits per heavy atom. The Morgan fingerprint density at radius 2 is 0.891 bits per heavy atom. The molecule has 3 nitrogen and oxygen atoms in total. The van der Waals surface area contributed by atoms with Crippen LogP contribution in [0.25, 0.3) is 77.4 Å². The first-order valence-electron chi connectivity index (χ1n) is 16.0. The predicted octanol–water partition coefficient (Wildman–Crippen LogP) is 11.6.